The zero-order valence-electron chi connectivity index (χ0n) is 13.4. The second-order valence-electron chi connectivity index (χ2n) is 6.35. The van der Waals surface area contributed by atoms with Crippen molar-refractivity contribution in [2.75, 3.05) is 26.2 Å². The van der Waals surface area contributed by atoms with Crippen molar-refractivity contribution in [1.82, 2.24) is 9.21 Å². The second-order valence-corrected chi connectivity index (χ2v) is 8.29. The highest BCUT2D eigenvalue weighted by Gasteiger charge is 2.31. The van der Waals surface area contributed by atoms with Crippen LogP contribution in [-0.4, -0.2) is 55.8 Å². The SMILES string of the molecule is CC(=O)N1CCc2ccc(S(=O)(=O)N3CC[C@@H](N)C3)cc2CC1. The zero-order chi connectivity index (χ0) is 16.6. The fraction of sp³-hybridized carbons (Fsp3) is 0.562. The summed E-state index contributed by atoms with van der Waals surface area (Å²) in [6.45, 7) is 3.77. The summed E-state index contributed by atoms with van der Waals surface area (Å²) in [5.74, 6) is 0.0664. The fourth-order valence-electron chi connectivity index (χ4n) is 3.30. The minimum atomic E-state index is -3.47. The molecule has 0 aliphatic carbocycles. The predicted octanol–water partition coefficient (Wildman–Crippen LogP) is 0.355. The summed E-state index contributed by atoms with van der Waals surface area (Å²) in [5, 5.41) is 0. The minimum absolute atomic E-state index is 0.0664. The first-order valence-electron chi connectivity index (χ1n) is 8.01. The zero-order valence-corrected chi connectivity index (χ0v) is 14.2. The third-order valence-electron chi connectivity index (χ3n) is 4.75. The average molecular weight is 337 g/mol. The summed E-state index contributed by atoms with van der Waals surface area (Å²) in [6.07, 6.45) is 2.17. The van der Waals surface area contributed by atoms with Gasteiger partial charge in [0.2, 0.25) is 15.9 Å². The van der Waals surface area contributed by atoms with E-state index in [4.69, 9.17) is 5.73 Å². The van der Waals surface area contributed by atoms with Gasteiger partial charge < -0.3 is 10.6 Å². The van der Waals surface area contributed by atoms with Crippen molar-refractivity contribution in [2.45, 2.75) is 37.1 Å². The molecule has 23 heavy (non-hydrogen) atoms. The summed E-state index contributed by atoms with van der Waals surface area (Å²) in [5.41, 5.74) is 7.99. The molecule has 2 heterocycles. The van der Waals surface area contributed by atoms with E-state index >= 15 is 0 Å². The molecule has 0 unspecified atom stereocenters. The highest BCUT2D eigenvalue weighted by atomic mass is 32.2. The molecule has 126 valence electrons. The van der Waals surface area contributed by atoms with Crippen molar-refractivity contribution < 1.29 is 13.2 Å². The number of carbonyl (C=O) groups is 1. The molecule has 0 spiro atoms. The van der Waals surface area contributed by atoms with Crippen molar-refractivity contribution in [1.29, 1.82) is 0 Å². The Balaban J connectivity index is 1.86. The molecule has 3 rings (SSSR count). The van der Waals surface area contributed by atoms with E-state index in [1.807, 2.05) is 11.0 Å². The van der Waals surface area contributed by atoms with Gasteiger partial charge in [0, 0.05) is 39.1 Å². The number of nitrogens with two attached hydrogens (primary N) is 1. The molecule has 7 heteroatoms. The summed E-state index contributed by atoms with van der Waals surface area (Å²) in [6, 6.07) is 5.27. The second kappa shape index (κ2) is 6.22. The van der Waals surface area contributed by atoms with Crippen LogP contribution in [-0.2, 0) is 27.7 Å². The van der Waals surface area contributed by atoms with E-state index < -0.39 is 10.0 Å². The Morgan fingerprint density at radius 3 is 2.48 bits per heavy atom. The summed E-state index contributed by atoms with van der Waals surface area (Å²) in [4.78, 5) is 13.7. The quantitative estimate of drug-likeness (QED) is 0.844. The Bertz CT molecular complexity index is 717. The van der Waals surface area contributed by atoms with Crippen LogP contribution in [0.1, 0.15) is 24.5 Å². The van der Waals surface area contributed by atoms with Gasteiger partial charge in [-0.05, 0) is 42.5 Å². The van der Waals surface area contributed by atoms with E-state index in [1.54, 1.807) is 19.1 Å². The maximum absolute atomic E-state index is 12.7. The highest BCUT2D eigenvalue weighted by Crippen LogP contribution is 2.25. The van der Waals surface area contributed by atoms with Crippen LogP contribution in [0.5, 0.6) is 0 Å². The van der Waals surface area contributed by atoms with Gasteiger partial charge in [0.25, 0.3) is 0 Å². The minimum Gasteiger partial charge on any atom is -0.342 e. The van der Waals surface area contributed by atoms with Crippen molar-refractivity contribution in [3.05, 3.63) is 29.3 Å². The maximum atomic E-state index is 12.7. The number of nitrogens with zero attached hydrogens (tertiary/aromatic N) is 2. The molecule has 2 aliphatic rings. The van der Waals surface area contributed by atoms with Crippen LogP contribution in [0.3, 0.4) is 0 Å². The lowest BCUT2D eigenvalue weighted by Gasteiger charge is -2.17. The molecule has 0 saturated carbocycles. The Kier molecular flexibility index (Phi) is 4.44. The van der Waals surface area contributed by atoms with E-state index in [1.165, 1.54) is 4.31 Å². The molecule has 6 nitrogen and oxygen atoms in total. The lowest BCUT2D eigenvalue weighted by atomic mass is 10.0. The lowest BCUT2D eigenvalue weighted by Crippen LogP contribution is -2.32. The van der Waals surface area contributed by atoms with E-state index in [-0.39, 0.29) is 11.9 Å². The van der Waals surface area contributed by atoms with E-state index in [0.29, 0.717) is 43.9 Å². The average Bonchev–Trinajstić information content (AvgIpc) is 2.83. The van der Waals surface area contributed by atoms with Gasteiger partial charge >= 0.3 is 0 Å². The van der Waals surface area contributed by atoms with E-state index in [2.05, 4.69) is 0 Å². The number of carbonyl (C=O) groups excluding carboxylic acids is 1. The molecule has 0 aromatic heterocycles. The topological polar surface area (TPSA) is 83.7 Å². The van der Waals surface area contributed by atoms with Crippen molar-refractivity contribution in [2.24, 2.45) is 5.73 Å². The molecule has 1 aromatic rings. The van der Waals surface area contributed by atoms with E-state index in [9.17, 15) is 13.2 Å². The van der Waals surface area contributed by atoms with Gasteiger partial charge in [-0.15, -0.1) is 0 Å². The Hall–Kier alpha value is -1.44. The summed E-state index contributed by atoms with van der Waals surface area (Å²) in [7, 11) is -3.47. The Morgan fingerprint density at radius 2 is 1.87 bits per heavy atom. The normalized spacial score (nSPS) is 22.7. The molecule has 1 amide bonds. The Morgan fingerprint density at radius 1 is 1.17 bits per heavy atom. The fourth-order valence-corrected chi connectivity index (χ4v) is 4.86. The van der Waals surface area contributed by atoms with Gasteiger partial charge in [-0.2, -0.15) is 4.31 Å². The predicted molar refractivity (Wildman–Crippen MR) is 87.5 cm³/mol. The Labute approximate surface area is 137 Å². The van der Waals surface area contributed by atoms with Crippen LogP contribution in [0.15, 0.2) is 23.1 Å². The van der Waals surface area contributed by atoms with E-state index in [0.717, 1.165) is 17.5 Å². The molecular formula is C16H23N3O3S. The highest BCUT2D eigenvalue weighted by molar-refractivity contribution is 7.89. The van der Waals surface area contributed by atoms with Gasteiger partial charge in [0.1, 0.15) is 0 Å². The molecule has 0 radical (unpaired) electrons. The third kappa shape index (κ3) is 3.27. The standard InChI is InChI=1S/C16H23N3O3S/c1-12(20)18-7-4-13-2-3-16(10-14(13)5-8-18)23(21,22)19-9-6-15(17)11-19/h2-3,10,15H,4-9,11,17H2,1H3/t15-/m1/s1. The third-order valence-corrected chi connectivity index (χ3v) is 6.61. The molecule has 1 atom stereocenters. The number of hydrogen-bond acceptors (Lipinski definition) is 4. The number of benzene rings is 1. The maximum Gasteiger partial charge on any atom is 0.243 e. The monoisotopic (exact) mass is 337 g/mol. The molecule has 1 aromatic carbocycles. The number of rotatable bonds is 2. The molecule has 1 saturated heterocycles. The summed E-state index contributed by atoms with van der Waals surface area (Å²) < 4.78 is 26.9. The van der Waals surface area contributed by atoms with Gasteiger partial charge in [-0.3, -0.25) is 4.79 Å². The number of amides is 1. The smallest absolute Gasteiger partial charge is 0.243 e. The molecule has 1 fully saturated rings. The molecule has 0 bridgehead atoms. The van der Waals surface area contributed by atoms with Gasteiger partial charge in [-0.1, -0.05) is 6.07 Å². The van der Waals surface area contributed by atoms with Crippen LogP contribution in [0.2, 0.25) is 0 Å². The number of hydrogen-bond donors (Lipinski definition) is 1. The first kappa shape index (κ1) is 16.4. The lowest BCUT2D eigenvalue weighted by molar-refractivity contribution is -0.128. The van der Waals surface area contributed by atoms with Crippen LogP contribution in [0.4, 0.5) is 0 Å². The van der Waals surface area contributed by atoms with Gasteiger partial charge in [0.15, 0.2) is 0 Å². The van der Waals surface area contributed by atoms with Crippen LogP contribution >= 0.6 is 0 Å². The number of sulfonamides is 1. The van der Waals surface area contributed by atoms with Crippen molar-refractivity contribution >= 4 is 15.9 Å². The van der Waals surface area contributed by atoms with Crippen LogP contribution in [0, 0.1) is 0 Å². The molecule has 2 N–H and O–H groups in total. The van der Waals surface area contributed by atoms with Crippen LogP contribution in [0.25, 0.3) is 0 Å². The number of fused-ring (bicyclic) bond motifs is 1. The van der Waals surface area contributed by atoms with Crippen LogP contribution < -0.4 is 5.73 Å². The summed E-state index contributed by atoms with van der Waals surface area (Å²) >= 11 is 0. The molecule has 2 aliphatic heterocycles. The van der Waals surface area contributed by atoms with Crippen molar-refractivity contribution in [3.8, 4) is 0 Å². The molecular weight excluding hydrogens is 314 g/mol. The van der Waals surface area contributed by atoms with Gasteiger partial charge in [-0.25, -0.2) is 8.42 Å². The first-order chi connectivity index (χ1) is 10.9. The largest absolute Gasteiger partial charge is 0.342 e. The van der Waals surface area contributed by atoms with Crippen molar-refractivity contribution in [3.63, 3.8) is 0 Å². The first-order valence-corrected chi connectivity index (χ1v) is 9.45. The van der Waals surface area contributed by atoms with Gasteiger partial charge in [0.05, 0.1) is 4.90 Å².